The summed E-state index contributed by atoms with van der Waals surface area (Å²) in [6.45, 7) is 1.90. The minimum absolute atomic E-state index is 0.132. The average Bonchev–Trinajstić information content (AvgIpc) is 3.17. The number of pyridine rings is 1. The van der Waals surface area contributed by atoms with Crippen molar-refractivity contribution >= 4 is 28.2 Å². The summed E-state index contributed by atoms with van der Waals surface area (Å²) in [7, 11) is 0. The zero-order valence-electron chi connectivity index (χ0n) is 14.1. The fraction of sp³-hybridized carbons (Fsp3) is 0.0952. The lowest BCUT2D eigenvalue weighted by molar-refractivity contribution is 0.458. The van der Waals surface area contributed by atoms with Crippen molar-refractivity contribution in [2.45, 2.75) is 13.0 Å². The van der Waals surface area contributed by atoms with Crippen molar-refractivity contribution < 1.29 is 9.52 Å². The number of para-hydroxylation sites is 1. The molecule has 130 valence electrons. The standard InChI is InChI=1S/C21H17ClN2O2/c1-13-8-9-14-10-11-15(21(25)19(14)23-13)20(18-7-4-12-26-18)24-17-6-3-2-5-16(17)22/h2-12,20,24-25H,1H3. The third kappa shape index (κ3) is 3.00. The van der Waals surface area contributed by atoms with Gasteiger partial charge in [0.05, 0.1) is 17.0 Å². The maximum Gasteiger partial charge on any atom is 0.147 e. The highest BCUT2D eigenvalue weighted by atomic mass is 35.5. The molecule has 2 N–H and O–H groups in total. The van der Waals surface area contributed by atoms with E-state index in [1.54, 1.807) is 6.26 Å². The molecule has 4 nitrogen and oxygen atoms in total. The molecule has 1 atom stereocenters. The average molecular weight is 365 g/mol. The normalized spacial score (nSPS) is 12.2. The van der Waals surface area contributed by atoms with E-state index >= 15 is 0 Å². The molecule has 0 saturated carbocycles. The van der Waals surface area contributed by atoms with E-state index in [-0.39, 0.29) is 5.75 Å². The van der Waals surface area contributed by atoms with Crippen LogP contribution in [0.25, 0.3) is 10.9 Å². The minimum Gasteiger partial charge on any atom is -0.505 e. The van der Waals surface area contributed by atoms with E-state index < -0.39 is 6.04 Å². The molecule has 2 aromatic carbocycles. The second-order valence-electron chi connectivity index (χ2n) is 6.10. The second-order valence-corrected chi connectivity index (χ2v) is 6.51. The highest BCUT2D eigenvalue weighted by Crippen LogP contribution is 2.37. The fourth-order valence-electron chi connectivity index (χ4n) is 3.01. The first-order valence-electron chi connectivity index (χ1n) is 8.27. The van der Waals surface area contributed by atoms with Crippen LogP contribution in [0.4, 0.5) is 5.69 Å². The van der Waals surface area contributed by atoms with Crippen LogP contribution in [0.3, 0.4) is 0 Å². The number of furan rings is 1. The SMILES string of the molecule is Cc1ccc2ccc(C(Nc3ccccc3Cl)c3ccco3)c(O)c2n1. The Morgan fingerprint density at radius 1 is 1.04 bits per heavy atom. The number of aryl methyl sites for hydroxylation is 1. The number of hydrogen-bond acceptors (Lipinski definition) is 4. The number of anilines is 1. The molecule has 0 fully saturated rings. The largest absolute Gasteiger partial charge is 0.505 e. The summed E-state index contributed by atoms with van der Waals surface area (Å²) in [6, 6.07) is 18.4. The third-order valence-corrected chi connectivity index (χ3v) is 4.65. The Labute approximate surface area is 156 Å². The smallest absolute Gasteiger partial charge is 0.147 e. The van der Waals surface area contributed by atoms with Gasteiger partial charge in [-0.2, -0.15) is 0 Å². The van der Waals surface area contributed by atoms with Gasteiger partial charge < -0.3 is 14.8 Å². The Morgan fingerprint density at radius 3 is 2.62 bits per heavy atom. The minimum atomic E-state index is -0.406. The number of rotatable bonds is 4. The van der Waals surface area contributed by atoms with E-state index in [1.807, 2.05) is 67.6 Å². The van der Waals surface area contributed by atoms with Crippen LogP contribution in [-0.4, -0.2) is 10.1 Å². The molecule has 0 bridgehead atoms. The molecule has 26 heavy (non-hydrogen) atoms. The number of fused-ring (bicyclic) bond motifs is 1. The summed E-state index contributed by atoms with van der Waals surface area (Å²) in [5, 5.41) is 15.8. The Morgan fingerprint density at radius 2 is 1.85 bits per heavy atom. The molecule has 0 aliphatic heterocycles. The van der Waals surface area contributed by atoms with Crippen molar-refractivity contribution in [1.82, 2.24) is 4.98 Å². The monoisotopic (exact) mass is 364 g/mol. The van der Waals surface area contributed by atoms with E-state index in [1.165, 1.54) is 0 Å². The van der Waals surface area contributed by atoms with Crippen molar-refractivity contribution in [3.05, 3.63) is 89.0 Å². The summed E-state index contributed by atoms with van der Waals surface area (Å²) in [5.41, 5.74) is 2.84. The maximum atomic E-state index is 10.9. The van der Waals surface area contributed by atoms with Gasteiger partial charge in [0.25, 0.3) is 0 Å². The van der Waals surface area contributed by atoms with E-state index in [0.29, 0.717) is 21.9 Å². The predicted octanol–water partition coefficient (Wildman–Crippen LogP) is 5.70. The number of benzene rings is 2. The second kappa shape index (κ2) is 6.73. The lowest BCUT2D eigenvalue weighted by Crippen LogP contribution is -2.12. The van der Waals surface area contributed by atoms with Gasteiger partial charge in [0.15, 0.2) is 0 Å². The van der Waals surface area contributed by atoms with Gasteiger partial charge in [-0.15, -0.1) is 0 Å². The molecule has 4 aromatic rings. The van der Waals surface area contributed by atoms with Gasteiger partial charge in [0.2, 0.25) is 0 Å². The number of phenols is 1. The number of hydrogen-bond donors (Lipinski definition) is 2. The van der Waals surface area contributed by atoms with Crippen LogP contribution in [0.15, 0.2) is 71.3 Å². The maximum absolute atomic E-state index is 10.9. The first kappa shape index (κ1) is 16.5. The van der Waals surface area contributed by atoms with Crippen molar-refractivity contribution in [2.75, 3.05) is 5.32 Å². The summed E-state index contributed by atoms with van der Waals surface area (Å²) in [6.07, 6.45) is 1.61. The Bertz CT molecular complexity index is 1060. The molecule has 0 saturated heterocycles. The summed E-state index contributed by atoms with van der Waals surface area (Å²) >= 11 is 6.30. The van der Waals surface area contributed by atoms with E-state index in [4.69, 9.17) is 16.0 Å². The number of aromatic nitrogens is 1. The van der Waals surface area contributed by atoms with Crippen LogP contribution in [0.2, 0.25) is 5.02 Å². The lowest BCUT2D eigenvalue weighted by Gasteiger charge is -2.21. The summed E-state index contributed by atoms with van der Waals surface area (Å²) in [4.78, 5) is 4.49. The van der Waals surface area contributed by atoms with Crippen molar-refractivity contribution in [2.24, 2.45) is 0 Å². The van der Waals surface area contributed by atoms with Gasteiger partial charge in [-0.1, -0.05) is 41.9 Å². The molecule has 0 spiro atoms. The summed E-state index contributed by atoms with van der Waals surface area (Å²) < 4.78 is 5.62. The van der Waals surface area contributed by atoms with Crippen molar-refractivity contribution in [3.8, 4) is 5.75 Å². The van der Waals surface area contributed by atoms with Gasteiger partial charge >= 0.3 is 0 Å². The van der Waals surface area contributed by atoms with Gasteiger partial charge in [-0.05, 0) is 37.3 Å². The Kier molecular flexibility index (Phi) is 4.27. The zero-order valence-corrected chi connectivity index (χ0v) is 14.9. The van der Waals surface area contributed by atoms with Crippen LogP contribution in [0, 0.1) is 6.92 Å². The number of nitrogens with one attached hydrogen (secondary N) is 1. The quantitative estimate of drug-likeness (QED) is 0.488. The van der Waals surface area contributed by atoms with E-state index in [9.17, 15) is 5.11 Å². The van der Waals surface area contributed by atoms with E-state index in [2.05, 4.69) is 10.3 Å². The van der Waals surface area contributed by atoms with Gasteiger partial charge in [-0.3, -0.25) is 0 Å². The number of phenolic OH excluding ortho intramolecular Hbond substituents is 1. The van der Waals surface area contributed by atoms with Crippen LogP contribution in [-0.2, 0) is 0 Å². The molecule has 0 amide bonds. The molecule has 4 rings (SSSR count). The predicted molar refractivity (Wildman–Crippen MR) is 104 cm³/mol. The highest BCUT2D eigenvalue weighted by Gasteiger charge is 2.23. The first-order chi connectivity index (χ1) is 12.6. The molecule has 0 aliphatic rings. The first-order valence-corrected chi connectivity index (χ1v) is 8.65. The third-order valence-electron chi connectivity index (χ3n) is 4.32. The molecule has 2 aromatic heterocycles. The topological polar surface area (TPSA) is 58.3 Å². The molecule has 5 heteroatoms. The van der Waals surface area contributed by atoms with Crippen molar-refractivity contribution in [3.63, 3.8) is 0 Å². The highest BCUT2D eigenvalue weighted by molar-refractivity contribution is 6.33. The van der Waals surface area contributed by atoms with Crippen LogP contribution < -0.4 is 5.32 Å². The Balaban J connectivity index is 1.86. The van der Waals surface area contributed by atoms with Crippen LogP contribution in [0.5, 0.6) is 5.75 Å². The Hall–Kier alpha value is -2.98. The molecule has 0 radical (unpaired) electrons. The van der Waals surface area contributed by atoms with Crippen LogP contribution >= 0.6 is 11.6 Å². The molecular formula is C21H17ClN2O2. The molecule has 0 aliphatic carbocycles. The fourth-order valence-corrected chi connectivity index (χ4v) is 3.20. The molecule has 1 unspecified atom stereocenters. The van der Waals surface area contributed by atoms with Crippen LogP contribution in [0.1, 0.15) is 23.1 Å². The van der Waals surface area contributed by atoms with Crippen molar-refractivity contribution in [1.29, 1.82) is 0 Å². The van der Waals surface area contributed by atoms with Gasteiger partial charge in [0, 0.05) is 16.6 Å². The number of aromatic hydroxyl groups is 1. The van der Waals surface area contributed by atoms with Gasteiger partial charge in [-0.25, -0.2) is 4.98 Å². The molecule has 2 heterocycles. The lowest BCUT2D eigenvalue weighted by atomic mass is 10.00. The molecular weight excluding hydrogens is 348 g/mol. The van der Waals surface area contributed by atoms with E-state index in [0.717, 1.165) is 16.8 Å². The zero-order chi connectivity index (χ0) is 18.1. The number of halogens is 1. The number of nitrogens with zero attached hydrogens (tertiary/aromatic N) is 1. The summed E-state index contributed by atoms with van der Waals surface area (Å²) in [5.74, 6) is 0.805. The van der Waals surface area contributed by atoms with Gasteiger partial charge in [0.1, 0.15) is 23.1 Å².